The first-order valence-electron chi connectivity index (χ1n) is 10.7. The number of piperidine rings is 1. The average molecular weight is 474 g/mol. The minimum Gasteiger partial charge on any atom is -0.341 e. The fraction of sp³-hybridized carbons (Fsp3) is 0.409. The number of rotatable bonds is 7. The number of amides is 1. The molecule has 0 bridgehead atoms. The van der Waals surface area contributed by atoms with Crippen molar-refractivity contribution >= 4 is 27.3 Å². The molecule has 8 nitrogen and oxygen atoms in total. The molecule has 0 aromatic carbocycles. The summed E-state index contributed by atoms with van der Waals surface area (Å²) >= 11 is 1.43. The van der Waals surface area contributed by atoms with E-state index in [0.717, 1.165) is 38.0 Å². The number of sulfonamides is 1. The fourth-order valence-corrected chi connectivity index (χ4v) is 5.88. The molecule has 1 amide bonds. The van der Waals surface area contributed by atoms with E-state index in [1.807, 2.05) is 23.3 Å². The summed E-state index contributed by atoms with van der Waals surface area (Å²) in [6, 6.07) is 6.48. The van der Waals surface area contributed by atoms with E-state index in [9.17, 15) is 13.2 Å². The Kier molecular flexibility index (Phi) is 6.73. The Balaban J connectivity index is 1.63. The Morgan fingerprint density at radius 2 is 2.03 bits per heavy atom. The molecule has 1 atom stereocenters. The lowest BCUT2D eigenvalue weighted by Crippen LogP contribution is -2.37. The van der Waals surface area contributed by atoms with E-state index in [0.29, 0.717) is 16.4 Å². The summed E-state index contributed by atoms with van der Waals surface area (Å²) < 4.78 is 30.7. The Bertz CT molecular complexity index is 1180. The number of hydrogen-bond acceptors (Lipinski definition) is 6. The molecule has 1 N–H and O–H groups in total. The number of pyridine rings is 1. The topological polar surface area (TPSA) is 97.2 Å². The van der Waals surface area contributed by atoms with Gasteiger partial charge < -0.3 is 9.47 Å². The summed E-state index contributed by atoms with van der Waals surface area (Å²) in [6.45, 7) is 5.22. The van der Waals surface area contributed by atoms with E-state index >= 15 is 0 Å². The number of thiazole rings is 1. The number of aryl methyl sites for hydroxylation is 1. The maximum Gasteiger partial charge on any atom is 0.242 e. The molecule has 1 saturated heterocycles. The molecule has 170 valence electrons. The van der Waals surface area contributed by atoms with Crippen LogP contribution in [0.1, 0.15) is 43.6 Å². The molecule has 0 spiro atoms. The van der Waals surface area contributed by atoms with E-state index in [-0.39, 0.29) is 17.3 Å². The van der Waals surface area contributed by atoms with Gasteiger partial charge in [-0.25, -0.2) is 18.1 Å². The highest BCUT2D eigenvalue weighted by molar-refractivity contribution is 7.89. The number of hydrogen-bond donors (Lipinski definition) is 1. The predicted octanol–water partition coefficient (Wildman–Crippen LogP) is 3.37. The van der Waals surface area contributed by atoms with Gasteiger partial charge in [-0.05, 0) is 51.3 Å². The van der Waals surface area contributed by atoms with Crippen molar-refractivity contribution in [2.24, 2.45) is 0 Å². The first-order valence-corrected chi connectivity index (χ1v) is 13.0. The molecule has 1 aliphatic rings. The van der Waals surface area contributed by atoms with Crippen molar-refractivity contribution in [2.75, 3.05) is 13.1 Å². The van der Waals surface area contributed by atoms with Gasteiger partial charge in [-0.1, -0.05) is 6.07 Å². The summed E-state index contributed by atoms with van der Waals surface area (Å²) in [5.74, 6) is -0.00594. The standard InChI is InChI=1S/C22H27N5O3S2/c1-16-15-31-22(24-16)20-12-18(13-27(20)14-21(28)26-10-6-3-7-11-26)32(29,30)25-17(2)19-8-4-5-9-23-19/h4-5,8-9,12-13,15,17,25H,3,6-7,10-11,14H2,1-2H3. The van der Waals surface area contributed by atoms with Gasteiger partial charge in [0.05, 0.1) is 17.4 Å². The molecule has 3 aromatic rings. The van der Waals surface area contributed by atoms with Crippen molar-refractivity contribution in [3.8, 4) is 10.7 Å². The monoisotopic (exact) mass is 473 g/mol. The smallest absolute Gasteiger partial charge is 0.242 e. The number of nitrogens with one attached hydrogen (secondary N) is 1. The third kappa shape index (κ3) is 5.08. The zero-order chi connectivity index (χ0) is 22.7. The van der Waals surface area contributed by atoms with Gasteiger partial charge in [-0.15, -0.1) is 11.3 Å². The van der Waals surface area contributed by atoms with Crippen molar-refractivity contribution in [2.45, 2.75) is 50.6 Å². The third-order valence-corrected chi connectivity index (χ3v) is 7.99. The molecule has 10 heteroatoms. The van der Waals surface area contributed by atoms with Crippen LogP contribution in [0.4, 0.5) is 0 Å². The summed E-state index contributed by atoms with van der Waals surface area (Å²) in [4.78, 5) is 23.6. The van der Waals surface area contributed by atoms with Crippen LogP contribution in [0.2, 0.25) is 0 Å². The van der Waals surface area contributed by atoms with E-state index in [4.69, 9.17) is 0 Å². The fourth-order valence-electron chi connectivity index (χ4n) is 3.79. The summed E-state index contributed by atoms with van der Waals surface area (Å²) in [7, 11) is -3.83. The minimum absolute atomic E-state index is 0.00594. The Morgan fingerprint density at radius 1 is 1.25 bits per heavy atom. The Hall–Kier alpha value is -2.56. The van der Waals surface area contributed by atoms with Crippen LogP contribution < -0.4 is 4.72 Å². The molecule has 0 aliphatic carbocycles. The van der Waals surface area contributed by atoms with Gasteiger partial charge in [0.25, 0.3) is 0 Å². The highest BCUT2D eigenvalue weighted by Gasteiger charge is 2.25. The molecule has 0 saturated carbocycles. The van der Waals surface area contributed by atoms with Crippen LogP contribution >= 0.6 is 11.3 Å². The van der Waals surface area contributed by atoms with E-state index in [1.165, 1.54) is 17.5 Å². The molecule has 3 aromatic heterocycles. The second-order valence-electron chi connectivity index (χ2n) is 8.02. The number of nitrogens with zero attached hydrogens (tertiary/aromatic N) is 4. The first kappa shape index (κ1) is 22.6. The second kappa shape index (κ2) is 9.51. The van der Waals surface area contributed by atoms with Gasteiger partial charge >= 0.3 is 0 Å². The van der Waals surface area contributed by atoms with E-state index in [2.05, 4.69) is 14.7 Å². The lowest BCUT2D eigenvalue weighted by atomic mass is 10.1. The molecule has 32 heavy (non-hydrogen) atoms. The average Bonchev–Trinajstić information content (AvgIpc) is 3.41. The van der Waals surface area contributed by atoms with Crippen LogP contribution in [0.5, 0.6) is 0 Å². The first-order chi connectivity index (χ1) is 15.3. The maximum atomic E-state index is 13.1. The van der Waals surface area contributed by atoms with E-state index in [1.54, 1.807) is 35.9 Å². The number of aromatic nitrogens is 3. The van der Waals surface area contributed by atoms with Crippen LogP contribution in [0, 0.1) is 6.92 Å². The van der Waals surface area contributed by atoms with Crippen molar-refractivity contribution in [3.05, 3.63) is 53.4 Å². The molecule has 1 unspecified atom stereocenters. The highest BCUT2D eigenvalue weighted by atomic mass is 32.2. The number of carbonyl (C=O) groups is 1. The maximum absolute atomic E-state index is 13.1. The molecule has 4 heterocycles. The van der Waals surface area contributed by atoms with Crippen molar-refractivity contribution in [1.82, 2.24) is 24.2 Å². The van der Waals surface area contributed by atoms with Crippen LogP contribution in [0.25, 0.3) is 10.7 Å². The van der Waals surface area contributed by atoms with Crippen LogP contribution in [0.3, 0.4) is 0 Å². The van der Waals surface area contributed by atoms with Gasteiger partial charge in [0.2, 0.25) is 15.9 Å². The van der Waals surface area contributed by atoms with Gasteiger partial charge in [-0.3, -0.25) is 9.78 Å². The van der Waals surface area contributed by atoms with Crippen molar-refractivity contribution in [1.29, 1.82) is 0 Å². The number of carbonyl (C=O) groups excluding carboxylic acids is 1. The van der Waals surface area contributed by atoms with Gasteiger partial charge in [0.1, 0.15) is 16.4 Å². The summed E-state index contributed by atoms with van der Waals surface area (Å²) in [5.41, 5.74) is 2.11. The second-order valence-corrected chi connectivity index (χ2v) is 10.6. The van der Waals surface area contributed by atoms with Crippen LogP contribution in [0.15, 0.2) is 46.9 Å². The molecular formula is C22H27N5O3S2. The van der Waals surface area contributed by atoms with Crippen molar-refractivity contribution in [3.63, 3.8) is 0 Å². The Labute approximate surface area is 192 Å². The van der Waals surface area contributed by atoms with Crippen LogP contribution in [-0.4, -0.2) is 46.8 Å². The molecule has 0 radical (unpaired) electrons. The molecule has 1 fully saturated rings. The zero-order valence-electron chi connectivity index (χ0n) is 18.2. The third-order valence-electron chi connectivity index (χ3n) is 5.50. The summed E-state index contributed by atoms with van der Waals surface area (Å²) in [5, 5.41) is 2.60. The van der Waals surface area contributed by atoms with Crippen molar-refractivity contribution < 1.29 is 13.2 Å². The Morgan fingerprint density at radius 3 is 2.69 bits per heavy atom. The largest absolute Gasteiger partial charge is 0.341 e. The van der Waals surface area contributed by atoms with Crippen LogP contribution in [-0.2, 0) is 21.4 Å². The SMILES string of the molecule is Cc1csc(-c2cc(S(=O)(=O)NC(C)c3ccccn3)cn2CC(=O)N2CCCCC2)n1. The lowest BCUT2D eigenvalue weighted by molar-refractivity contribution is -0.132. The summed E-state index contributed by atoms with van der Waals surface area (Å²) in [6.07, 6.45) is 6.31. The highest BCUT2D eigenvalue weighted by Crippen LogP contribution is 2.29. The minimum atomic E-state index is -3.83. The zero-order valence-corrected chi connectivity index (χ0v) is 19.8. The number of likely N-dealkylation sites (tertiary alicyclic amines) is 1. The molecule has 1 aliphatic heterocycles. The molecular weight excluding hydrogens is 446 g/mol. The van der Waals surface area contributed by atoms with Gasteiger partial charge in [-0.2, -0.15) is 0 Å². The van der Waals surface area contributed by atoms with E-state index < -0.39 is 16.1 Å². The van der Waals surface area contributed by atoms with Gasteiger partial charge in [0, 0.05) is 36.6 Å². The molecule has 4 rings (SSSR count). The normalized spacial score (nSPS) is 15.6. The lowest BCUT2D eigenvalue weighted by Gasteiger charge is -2.27. The predicted molar refractivity (Wildman–Crippen MR) is 124 cm³/mol. The quantitative estimate of drug-likeness (QED) is 0.567. The van der Waals surface area contributed by atoms with Gasteiger partial charge in [0.15, 0.2) is 0 Å².